The lowest BCUT2D eigenvalue weighted by molar-refractivity contribution is -0.253. The number of aromatic nitrogens is 2. The van der Waals surface area contributed by atoms with E-state index in [1.807, 2.05) is 0 Å². The second kappa shape index (κ2) is 13.8. The molecule has 0 aliphatic carbocycles. The lowest BCUT2D eigenvalue weighted by Gasteiger charge is -2.40. The third-order valence-electron chi connectivity index (χ3n) is 7.84. The van der Waals surface area contributed by atoms with Crippen LogP contribution in [0.4, 0.5) is 0 Å². The third-order valence-corrected chi connectivity index (χ3v) is 8.76. The lowest BCUT2D eigenvalue weighted by atomic mass is 9.95. The maximum Gasteiger partial charge on any atom is 0.239 e. The maximum atomic E-state index is 13.0. The van der Waals surface area contributed by atoms with Crippen molar-refractivity contribution in [2.24, 2.45) is 10.9 Å². The summed E-state index contributed by atoms with van der Waals surface area (Å²) in [5.74, 6) is -2.54. The highest BCUT2D eigenvalue weighted by Crippen LogP contribution is 2.42. The van der Waals surface area contributed by atoms with E-state index < -0.39 is 83.6 Å². The monoisotopic (exact) mass is 699 g/mol. The number of nitrogens with zero attached hydrogens (tertiary/aromatic N) is 1. The molecule has 260 valence electrons. The Balaban J connectivity index is 1.44. The normalized spacial score (nSPS) is 21.0. The molecule has 49 heavy (non-hydrogen) atoms. The SMILES string of the molecule is N=C(N)c1ccc2[nH]c(-c3cc(CC(=O)NCC(=O)NC4C(O)OC(CO)C(O)C4O)cc(-c4cc(S(N)(=O)=O)ccc4O)c3O)nc2c1. The number of H-pyrrole nitrogens is 1. The highest BCUT2D eigenvalue weighted by molar-refractivity contribution is 7.89. The Kier molecular flexibility index (Phi) is 9.88. The van der Waals surface area contributed by atoms with Crippen molar-refractivity contribution in [1.29, 1.82) is 5.41 Å². The Morgan fingerprint density at radius 2 is 1.69 bits per heavy atom. The first-order valence-electron chi connectivity index (χ1n) is 14.5. The fourth-order valence-electron chi connectivity index (χ4n) is 5.31. The van der Waals surface area contributed by atoms with Gasteiger partial charge >= 0.3 is 0 Å². The Hall–Kier alpha value is -5.15. The van der Waals surface area contributed by atoms with Crippen molar-refractivity contribution in [3.8, 4) is 34.0 Å². The molecule has 18 nitrogen and oxygen atoms in total. The van der Waals surface area contributed by atoms with Crippen LogP contribution in [0.3, 0.4) is 0 Å². The number of imidazole rings is 1. The number of nitrogens with one attached hydrogen (secondary N) is 4. The van der Waals surface area contributed by atoms with Gasteiger partial charge in [0.05, 0.1) is 41.1 Å². The van der Waals surface area contributed by atoms with E-state index in [2.05, 4.69) is 20.6 Å². The standard InChI is InChI=1S/C30H33N7O11S/c31-28(32)13-1-3-18-19(8-13)36-29(35-18)17-6-12(5-16(25(17)42)15-9-14(49(33,46)47)2-4-20(15)39)7-22(40)34-10-23(41)37-24-27(44)26(43)21(11-38)48-30(24)45/h1-6,8-9,21,24,26-27,30,38-39,42-45H,7,10-11H2,(H3,31,32)(H,34,40)(H,35,36)(H,37,41)(H2,33,46,47). The molecular formula is C30H33N7O11S. The summed E-state index contributed by atoms with van der Waals surface area (Å²) in [5.41, 5.74) is 6.90. The van der Waals surface area contributed by atoms with E-state index >= 15 is 0 Å². The number of nitrogens with two attached hydrogens (primary N) is 2. The van der Waals surface area contributed by atoms with Gasteiger partial charge in [0.2, 0.25) is 21.8 Å². The molecule has 1 aromatic heterocycles. The lowest BCUT2D eigenvalue weighted by Crippen LogP contribution is -2.64. The van der Waals surface area contributed by atoms with Crippen molar-refractivity contribution in [3.05, 3.63) is 59.7 Å². The molecule has 0 bridgehead atoms. The number of amidine groups is 1. The number of aromatic hydroxyl groups is 2. The predicted molar refractivity (Wildman–Crippen MR) is 171 cm³/mol. The van der Waals surface area contributed by atoms with Crippen LogP contribution in [0, 0.1) is 5.41 Å². The second-order valence-corrected chi connectivity index (χ2v) is 12.8. The van der Waals surface area contributed by atoms with Crippen molar-refractivity contribution in [1.82, 2.24) is 20.6 Å². The van der Waals surface area contributed by atoms with Gasteiger partial charge in [-0.25, -0.2) is 18.5 Å². The van der Waals surface area contributed by atoms with Gasteiger partial charge in [-0.2, -0.15) is 0 Å². The number of aromatic amines is 1. The number of phenolic OH excluding ortho intramolecular Hbond substituents is 2. The number of hydrogen-bond donors (Lipinski definition) is 12. The molecule has 0 spiro atoms. The van der Waals surface area contributed by atoms with Crippen LogP contribution in [0.1, 0.15) is 11.1 Å². The van der Waals surface area contributed by atoms with Gasteiger partial charge in [-0.15, -0.1) is 0 Å². The molecule has 14 N–H and O–H groups in total. The van der Waals surface area contributed by atoms with E-state index in [0.29, 0.717) is 16.6 Å². The van der Waals surface area contributed by atoms with Gasteiger partial charge in [0.25, 0.3) is 0 Å². The van der Waals surface area contributed by atoms with E-state index in [1.54, 1.807) is 18.2 Å². The molecule has 19 heteroatoms. The molecule has 0 saturated carbocycles. The number of ether oxygens (including phenoxy) is 1. The molecule has 2 heterocycles. The third kappa shape index (κ3) is 7.47. The Labute approximate surface area is 277 Å². The molecule has 1 saturated heterocycles. The summed E-state index contributed by atoms with van der Waals surface area (Å²) in [4.78, 5) is 32.7. The molecule has 0 radical (unpaired) electrons. The average Bonchev–Trinajstić information content (AvgIpc) is 3.47. The largest absolute Gasteiger partial charge is 0.507 e. The van der Waals surface area contributed by atoms with Gasteiger partial charge in [0.15, 0.2) is 6.29 Å². The van der Waals surface area contributed by atoms with E-state index in [1.165, 1.54) is 12.1 Å². The van der Waals surface area contributed by atoms with Crippen LogP contribution < -0.4 is 21.5 Å². The number of sulfonamides is 1. The summed E-state index contributed by atoms with van der Waals surface area (Å²) < 4.78 is 29.1. The van der Waals surface area contributed by atoms with Crippen LogP contribution in [0.15, 0.2) is 53.4 Å². The molecule has 2 amide bonds. The number of benzene rings is 3. The first-order valence-corrected chi connectivity index (χ1v) is 16.0. The van der Waals surface area contributed by atoms with Crippen LogP contribution in [0.25, 0.3) is 33.5 Å². The molecule has 5 unspecified atom stereocenters. The Bertz CT molecular complexity index is 2050. The van der Waals surface area contributed by atoms with Crippen LogP contribution in [-0.4, -0.2) is 110 Å². The quantitative estimate of drug-likeness (QED) is 0.0619. The van der Waals surface area contributed by atoms with Crippen molar-refractivity contribution in [2.45, 2.75) is 42.0 Å². The predicted octanol–water partition coefficient (Wildman–Crippen LogP) is -2.19. The summed E-state index contributed by atoms with van der Waals surface area (Å²) in [7, 11) is -4.23. The number of primary sulfonamides is 1. The van der Waals surface area contributed by atoms with E-state index in [0.717, 1.165) is 18.2 Å². The molecule has 3 aromatic carbocycles. The number of aliphatic hydroxyl groups excluding tert-OH is 4. The number of amides is 2. The van der Waals surface area contributed by atoms with Gasteiger partial charge < -0.3 is 56.7 Å². The van der Waals surface area contributed by atoms with Crippen molar-refractivity contribution < 1.29 is 53.4 Å². The molecule has 5 atom stereocenters. The minimum atomic E-state index is -4.23. The summed E-state index contributed by atoms with van der Waals surface area (Å²) >= 11 is 0. The number of carbonyl (C=O) groups is 2. The van der Waals surface area contributed by atoms with Crippen molar-refractivity contribution >= 4 is 38.7 Å². The highest BCUT2D eigenvalue weighted by atomic mass is 32.2. The summed E-state index contributed by atoms with van der Waals surface area (Å²) in [6, 6.07) is 9.20. The molecule has 1 aliphatic rings. The minimum Gasteiger partial charge on any atom is -0.507 e. The zero-order valence-electron chi connectivity index (χ0n) is 25.4. The molecular weight excluding hydrogens is 666 g/mol. The van der Waals surface area contributed by atoms with Crippen molar-refractivity contribution in [3.63, 3.8) is 0 Å². The minimum absolute atomic E-state index is 0.0408. The smallest absolute Gasteiger partial charge is 0.239 e. The van der Waals surface area contributed by atoms with E-state index in [4.69, 9.17) is 21.0 Å². The van der Waals surface area contributed by atoms with Crippen LogP contribution in [-0.2, 0) is 30.8 Å². The number of carbonyl (C=O) groups excluding carboxylic acids is 2. The van der Waals surface area contributed by atoms with Crippen LogP contribution in [0.5, 0.6) is 11.5 Å². The van der Waals surface area contributed by atoms with Gasteiger partial charge in [0, 0.05) is 16.7 Å². The summed E-state index contributed by atoms with van der Waals surface area (Å²) in [6.07, 6.45) is -6.75. The zero-order chi connectivity index (χ0) is 35.8. The zero-order valence-corrected chi connectivity index (χ0v) is 26.2. The summed E-state index contributed by atoms with van der Waals surface area (Å²) in [6.45, 7) is -1.33. The van der Waals surface area contributed by atoms with E-state index in [-0.39, 0.29) is 38.8 Å². The first kappa shape index (κ1) is 35.2. The number of rotatable bonds is 10. The first-order chi connectivity index (χ1) is 23.1. The second-order valence-electron chi connectivity index (χ2n) is 11.3. The summed E-state index contributed by atoms with van der Waals surface area (Å²) in [5, 5.41) is 79.3. The molecule has 5 rings (SSSR count). The fourth-order valence-corrected chi connectivity index (χ4v) is 5.85. The maximum absolute atomic E-state index is 13.0. The molecule has 1 fully saturated rings. The van der Waals surface area contributed by atoms with Gasteiger partial charge in [-0.3, -0.25) is 15.0 Å². The van der Waals surface area contributed by atoms with Crippen LogP contribution >= 0.6 is 0 Å². The van der Waals surface area contributed by atoms with E-state index in [9.17, 15) is 48.6 Å². The number of fused-ring (bicyclic) bond motifs is 1. The average molecular weight is 700 g/mol. The number of hydrogen-bond acceptors (Lipinski definition) is 13. The van der Waals surface area contributed by atoms with Gasteiger partial charge in [0.1, 0.15) is 47.5 Å². The number of nitrogen functional groups attached to an aromatic ring is 1. The topological polar surface area (TPSA) is 328 Å². The van der Waals surface area contributed by atoms with Crippen molar-refractivity contribution in [2.75, 3.05) is 13.2 Å². The molecule has 1 aliphatic heterocycles. The molecule has 4 aromatic rings. The van der Waals surface area contributed by atoms with Gasteiger partial charge in [-0.1, -0.05) is 0 Å². The fraction of sp³-hybridized carbons (Fsp3) is 0.267. The van der Waals surface area contributed by atoms with Gasteiger partial charge in [-0.05, 0) is 54.1 Å². The Morgan fingerprint density at radius 3 is 2.37 bits per heavy atom. The Morgan fingerprint density at radius 1 is 0.980 bits per heavy atom. The van der Waals surface area contributed by atoms with Crippen LogP contribution in [0.2, 0.25) is 0 Å². The number of phenols is 2. The number of aliphatic hydroxyl groups is 4. The highest BCUT2D eigenvalue weighted by Gasteiger charge is 2.44.